The molecule has 1 aliphatic heterocycles. The van der Waals surface area contributed by atoms with Crippen molar-refractivity contribution in [3.8, 4) is 0 Å². The van der Waals surface area contributed by atoms with E-state index in [0.29, 0.717) is 41.5 Å². The minimum atomic E-state index is -3.55. The van der Waals surface area contributed by atoms with Gasteiger partial charge in [0, 0.05) is 29.7 Å². The predicted molar refractivity (Wildman–Crippen MR) is 96.6 cm³/mol. The van der Waals surface area contributed by atoms with Crippen LogP contribution in [-0.4, -0.2) is 38.3 Å². The third kappa shape index (κ3) is 4.96. The van der Waals surface area contributed by atoms with E-state index < -0.39 is 10.0 Å². The zero-order valence-corrected chi connectivity index (χ0v) is 15.5. The second-order valence-corrected chi connectivity index (χ2v) is 8.54. The van der Waals surface area contributed by atoms with Crippen molar-refractivity contribution in [1.82, 2.24) is 9.62 Å². The Morgan fingerprint density at radius 3 is 2.83 bits per heavy atom. The van der Waals surface area contributed by atoms with E-state index in [-0.39, 0.29) is 24.1 Å². The lowest BCUT2D eigenvalue weighted by Gasteiger charge is -2.31. The highest BCUT2D eigenvalue weighted by atomic mass is 35.5. The lowest BCUT2D eigenvalue weighted by molar-refractivity contribution is -0.125. The van der Waals surface area contributed by atoms with E-state index in [1.807, 2.05) is 0 Å². The highest BCUT2D eigenvalue weighted by Crippen LogP contribution is 2.26. The van der Waals surface area contributed by atoms with Crippen LogP contribution in [0.15, 0.2) is 30.9 Å². The first-order valence-corrected chi connectivity index (χ1v) is 10.0. The molecule has 0 aromatic heterocycles. The molecule has 0 saturated carbocycles. The summed E-state index contributed by atoms with van der Waals surface area (Å²) in [4.78, 5) is 12.1. The molecule has 1 atom stereocenters. The van der Waals surface area contributed by atoms with Crippen LogP contribution < -0.4 is 5.32 Å². The number of carbonyl (C=O) groups is 1. The number of hydrogen-bond donors (Lipinski definition) is 1. The van der Waals surface area contributed by atoms with E-state index >= 15 is 0 Å². The Morgan fingerprint density at radius 1 is 1.42 bits per heavy atom. The Balaban J connectivity index is 2.08. The number of rotatable bonds is 6. The van der Waals surface area contributed by atoms with Crippen molar-refractivity contribution in [2.75, 3.05) is 19.6 Å². The van der Waals surface area contributed by atoms with Crippen LogP contribution in [0.1, 0.15) is 18.4 Å². The van der Waals surface area contributed by atoms with Gasteiger partial charge < -0.3 is 5.32 Å². The fourth-order valence-corrected chi connectivity index (χ4v) is 4.85. The van der Waals surface area contributed by atoms with Crippen molar-refractivity contribution in [3.05, 3.63) is 46.5 Å². The number of halogens is 2. The van der Waals surface area contributed by atoms with Gasteiger partial charge >= 0.3 is 0 Å². The predicted octanol–water partition coefficient (Wildman–Crippen LogP) is 2.84. The van der Waals surface area contributed by atoms with E-state index in [1.165, 1.54) is 10.4 Å². The van der Waals surface area contributed by atoms with Gasteiger partial charge in [-0.05, 0) is 30.5 Å². The van der Waals surface area contributed by atoms with Crippen molar-refractivity contribution in [1.29, 1.82) is 0 Å². The lowest BCUT2D eigenvalue weighted by Crippen LogP contribution is -2.45. The van der Waals surface area contributed by atoms with E-state index in [1.54, 1.807) is 18.2 Å². The molecule has 0 aliphatic carbocycles. The molecule has 0 radical (unpaired) electrons. The topological polar surface area (TPSA) is 66.5 Å². The molecule has 1 aromatic rings. The molecule has 1 N–H and O–H groups in total. The summed E-state index contributed by atoms with van der Waals surface area (Å²) in [6.07, 6.45) is 2.92. The smallest absolute Gasteiger partial charge is 0.224 e. The number of carbonyl (C=O) groups excluding carboxylic acids is 1. The Labute approximate surface area is 152 Å². The van der Waals surface area contributed by atoms with Gasteiger partial charge in [0.1, 0.15) is 0 Å². The van der Waals surface area contributed by atoms with Crippen LogP contribution >= 0.6 is 23.2 Å². The summed E-state index contributed by atoms with van der Waals surface area (Å²) in [6.45, 7) is 4.53. The summed E-state index contributed by atoms with van der Waals surface area (Å²) in [7, 11) is -3.55. The van der Waals surface area contributed by atoms with E-state index in [4.69, 9.17) is 23.2 Å². The lowest BCUT2D eigenvalue weighted by atomic mass is 9.99. The van der Waals surface area contributed by atoms with Crippen LogP contribution in [0.3, 0.4) is 0 Å². The molecule has 1 fully saturated rings. The molecule has 1 saturated heterocycles. The number of amides is 1. The van der Waals surface area contributed by atoms with Gasteiger partial charge in [-0.3, -0.25) is 4.79 Å². The summed E-state index contributed by atoms with van der Waals surface area (Å²) < 4.78 is 26.7. The number of nitrogens with one attached hydrogen (secondary N) is 1. The van der Waals surface area contributed by atoms with E-state index in [2.05, 4.69) is 11.9 Å². The first-order valence-electron chi connectivity index (χ1n) is 7.64. The highest BCUT2D eigenvalue weighted by molar-refractivity contribution is 7.88. The van der Waals surface area contributed by atoms with Gasteiger partial charge in [-0.1, -0.05) is 35.3 Å². The fourth-order valence-electron chi connectivity index (χ4n) is 2.65. The molecule has 1 heterocycles. The summed E-state index contributed by atoms with van der Waals surface area (Å²) in [5, 5.41) is 3.50. The molecule has 0 bridgehead atoms. The van der Waals surface area contributed by atoms with Gasteiger partial charge in [0.05, 0.1) is 11.7 Å². The van der Waals surface area contributed by atoms with Crippen LogP contribution in [0.5, 0.6) is 0 Å². The zero-order valence-electron chi connectivity index (χ0n) is 13.2. The van der Waals surface area contributed by atoms with Crippen LogP contribution in [0.4, 0.5) is 0 Å². The second-order valence-electron chi connectivity index (χ2n) is 5.72. The molecule has 1 aliphatic rings. The normalized spacial score (nSPS) is 19.0. The Kier molecular flexibility index (Phi) is 6.69. The molecule has 2 rings (SSSR count). The number of piperidine rings is 1. The molecule has 0 unspecified atom stereocenters. The summed E-state index contributed by atoms with van der Waals surface area (Å²) in [5.41, 5.74) is 0.499. The average molecular weight is 391 g/mol. The van der Waals surface area contributed by atoms with Crippen LogP contribution in [0.2, 0.25) is 10.0 Å². The maximum atomic E-state index is 12.7. The first kappa shape index (κ1) is 19.2. The van der Waals surface area contributed by atoms with Crippen LogP contribution in [0, 0.1) is 5.92 Å². The third-order valence-electron chi connectivity index (χ3n) is 3.92. The van der Waals surface area contributed by atoms with Crippen molar-refractivity contribution in [2.45, 2.75) is 18.6 Å². The number of nitrogens with zero attached hydrogens (tertiary/aromatic N) is 1. The maximum Gasteiger partial charge on any atom is 0.224 e. The summed E-state index contributed by atoms with van der Waals surface area (Å²) in [6, 6.07) is 4.75. The van der Waals surface area contributed by atoms with Crippen LogP contribution in [-0.2, 0) is 20.6 Å². The van der Waals surface area contributed by atoms with Crippen molar-refractivity contribution >= 4 is 39.1 Å². The van der Waals surface area contributed by atoms with Crippen molar-refractivity contribution in [3.63, 3.8) is 0 Å². The molecular formula is C16H20Cl2N2O3S. The largest absolute Gasteiger partial charge is 0.352 e. The average Bonchev–Trinajstić information content (AvgIpc) is 2.55. The molecule has 1 aromatic carbocycles. The zero-order chi connectivity index (χ0) is 17.7. The van der Waals surface area contributed by atoms with Gasteiger partial charge in [0.2, 0.25) is 15.9 Å². The number of sulfonamides is 1. The number of hydrogen-bond acceptors (Lipinski definition) is 3. The molecular weight excluding hydrogens is 371 g/mol. The minimum Gasteiger partial charge on any atom is -0.352 e. The van der Waals surface area contributed by atoms with Gasteiger partial charge in [-0.15, -0.1) is 6.58 Å². The molecule has 132 valence electrons. The monoisotopic (exact) mass is 390 g/mol. The summed E-state index contributed by atoms with van der Waals surface area (Å²) in [5.74, 6) is -0.683. The Morgan fingerprint density at radius 2 is 2.17 bits per heavy atom. The van der Waals surface area contributed by atoms with Gasteiger partial charge in [-0.25, -0.2) is 12.7 Å². The minimum absolute atomic E-state index is 0.140. The van der Waals surface area contributed by atoms with E-state index in [9.17, 15) is 13.2 Å². The Hall–Kier alpha value is -1.08. The standard InChI is InChI=1S/C16H20Cl2N2O3S/c1-2-7-19-16(21)12-4-3-8-20(10-12)24(22,23)11-13-5-6-14(17)9-15(13)18/h2,5-6,9,12H,1,3-4,7-8,10-11H2,(H,19,21)/t12-/m0/s1. The van der Waals surface area contributed by atoms with Gasteiger partial charge in [0.25, 0.3) is 0 Å². The molecule has 24 heavy (non-hydrogen) atoms. The molecule has 5 nitrogen and oxygen atoms in total. The number of benzene rings is 1. The Bertz CT molecular complexity index is 722. The highest BCUT2D eigenvalue weighted by Gasteiger charge is 2.32. The molecule has 1 amide bonds. The van der Waals surface area contributed by atoms with Crippen molar-refractivity contribution in [2.24, 2.45) is 5.92 Å². The maximum absolute atomic E-state index is 12.7. The van der Waals surface area contributed by atoms with Crippen molar-refractivity contribution < 1.29 is 13.2 Å². The SMILES string of the molecule is C=CCNC(=O)[C@H]1CCCN(S(=O)(=O)Cc2ccc(Cl)cc2Cl)C1. The molecule has 0 spiro atoms. The van der Waals surface area contributed by atoms with Crippen LogP contribution in [0.25, 0.3) is 0 Å². The third-order valence-corrected chi connectivity index (χ3v) is 6.30. The summed E-state index contributed by atoms with van der Waals surface area (Å²) >= 11 is 11.9. The van der Waals surface area contributed by atoms with Gasteiger partial charge in [-0.2, -0.15) is 0 Å². The second kappa shape index (κ2) is 8.34. The van der Waals surface area contributed by atoms with Gasteiger partial charge in [0.15, 0.2) is 0 Å². The first-order chi connectivity index (χ1) is 11.3. The molecule has 8 heteroatoms. The van der Waals surface area contributed by atoms with E-state index in [0.717, 1.165) is 0 Å². The quantitative estimate of drug-likeness (QED) is 0.759. The fraction of sp³-hybridized carbons (Fsp3) is 0.438.